The van der Waals surface area contributed by atoms with E-state index in [-0.39, 0.29) is 41.4 Å². The van der Waals surface area contributed by atoms with Crippen LogP contribution >= 0.6 is 27.7 Å². The lowest BCUT2D eigenvalue weighted by molar-refractivity contribution is -0.142. The number of halogens is 1. The van der Waals surface area contributed by atoms with Crippen molar-refractivity contribution >= 4 is 45.5 Å². The Morgan fingerprint density at radius 1 is 1.09 bits per heavy atom. The summed E-state index contributed by atoms with van der Waals surface area (Å²) in [5.41, 5.74) is -1.62. The second-order valence-corrected chi connectivity index (χ2v) is 11.6. The predicted octanol–water partition coefficient (Wildman–Crippen LogP) is 5.92. The molecule has 1 unspecified atom stereocenters. The number of rotatable bonds is 9. The van der Waals surface area contributed by atoms with Crippen LogP contribution in [0.4, 0.5) is 0 Å². The Morgan fingerprint density at radius 3 is 2.17 bits per heavy atom. The molecule has 35 heavy (non-hydrogen) atoms. The Labute approximate surface area is 220 Å². The smallest absolute Gasteiger partial charge is 0.344 e. The van der Waals surface area contributed by atoms with Gasteiger partial charge in [-0.25, -0.2) is 14.6 Å². The lowest BCUT2D eigenvalue weighted by atomic mass is 9.82. The number of nitriles is 1. The molecule has 1 aliphatic rings. The maximum Gasteiger partial charge on any atom is 0.344 e. The fourth-order valence-corrected chi connectivity index (χ4v) is 5.27. The summed E-state index contributed by atoms with van der Waals surface area (Å²) in [5, 5.41) is 11.4. The Kier molecular flexibility index (Phi) is 9.60. The van der Waals surface area contributed by atoms with Crippen LogP contribution in [0.15, 0.2) is 44.9 Å². The lowest BCUT2D eigenvalue weighted by Gasteiger charge is -2.32. The Hall–Kier alpha value is -2.31. The standard InChI is InChI=1S/C26H33BrN2O5S/c1-8-32-22(30)19-20(23(31)33-9-2)26(15-35-16-28,17-10-12-18(27)13-11-17)34-21(19)29-25(6,7)14-24(3,4)5/h10-13H,8-9,14-15H2,1-7H3. The number of hydrogen-bond acceptors (Lipinski definition) is 8. The molecule has 190 valence electrons. The van der Waals surface area contributed by atoms with Gasteiger partial charge < -0.3 is 14.2 Å². The number of ether oxygens (including phenoxy) is 3. The van der Waals surface area contributed by atoms with Crippen molar-refractivity contribution in [3.8, 4) is 5.40 Å². The molecule has 0 saturated heterocycles. The molecular weight excluding hydrogens is 532 g/mol. The van der Waals surface area contributed by atoms with Crippen LogP contribution < -0.4 is 0 Å². The first-order valence-corrected chi connectivity index (χ1v) is 13.2. The summed E-state index contributed by atoms with van der Waals surface area (Å²) in [7, 11) is 0. The van der Waals surface area contributed by atoms with E-state index in [1.807, 2.05) is 26.0 Å². The molecule has 7 nitrogen and oxygen atoms in total. The summed E-state index contributed by atoms with van der Waals surface area (Å²) in [4.78, 5) is 31.5. The third-order valence-corrected chi connectivity index (χ3v) is 6.32. The van der Waals surface area contributed by atoms with Crippen LogP contribution in [-0.2, 0) is 29.4 Å². The topological polar surface area (TPSA) is 98.0 Å². The van der Waals surface area contributed by atoms with E-state index in [9.17, 15) is 14.9 Å². The number of thioether (sulfide) groups is 1. The fourth-order valence-electron chi connectivity index (χ4n) is 4.37. The fraction of sp³-hybridized carbons (Fsp3) is 0.538. The molecule has 1 aliphatic heterocycles. The van der Waals surface area contributed by atoms with Crippen LogP contribution in [0.1, 0.15) is 60.5 Å². The van der Waals surface area contributed by atoms with Crippen LogP contribution in [0.25, 0.3) is 0 Å². The van der Waals surface area contributed by atoms with Gasteiger partial charge in [0.05, 0.1) is 24.5 Å². The third-order valence-electron chi connectivity index (χ3n) is 5.12. The highest BCUT2D eigenvalue weighted by Gasteiger charge is 2.54. The van der Waals surface area contributed by atoms with Crippen molar-refractivity contribution < 1.29 is 23.8 Å². The summed E-state index contributed by atoms with van der Waals surface area (Å²) in [5.74, 6) is -1.37. The summed E-state index contributed by atoms with van der Waals surface area (Å²) in [6.45, 7) is 13.8. The van der Waals surface area contributed by atoms with Crippen LogP contribution in [0.5, 0.6) is 0 Å². The summed E-state index contributed by atoms with van der Waals surface area (Å²) < 4.78 is 18.0. The summed E-state index contributed by atoms with van der Waals surface area (Å²) in [6, 6.07) is 7.19. The van der Waals surface area contributed by atoms with Gasteiger partial charge in [-0.3, -0.25) is 0 Å². The minimum atomic E-state index is -1.47. The van der Waals surface area contributed by atoms with Crippen LogP contribution in [-0.4, -0.2) is 42.3 Å². The van der Waals surface area contributed by atoms with Gasteiger partial charge >= 0.3 is 11.9 Å². The first-order valence-electron chi connectivity index (χ1n) is 11.5. The maximum absolute atomic E-state index is 13.4. The first kappa shape index (κ1) is 28.9. The van der Waals surface area contributed by atoms with Gasteiger partial charge in [0, 0.05) is 10.0 Å². The SMILES string of the molecule is CCOC(=O)C1=C(C(=O)OCC)C(CSC#N)(c2ccc(Br)cc2)OC1=NC(C)(C)CC(C)(C)C. The minimum absolute atomic E-state index is 0.00631. The maximum atomic E-state index is 13.4. The molecule has 0 aromatic heterocycles. The normalized spacial score (nSPS) is 19.3. The molecule has 0 amide bonds. The molecule has 0 bridgehead atoms. The van der Waals surface area contributed by atoms with E-state index < -0.39 is 23.1 Å². The van der Waals surface area contributed by atoms with E-state index in [4.69, 9.17) is 19.2 Å². The number of nitrogens with zero attached hydrogens (tertiary/aromatic N) is 2. The third kappa shape index (κ3) is 7.11. The molecular formula is C26H33BrN2O5S. The number of carbonyl (C=O) groups excluding carboxylic acids is 2. The van der Waals surface area contributed by atoms with E-state index in [0.717, 1.165) is 16.2 Å². The predicted molar refractivity (Wildman–Crippen MR) is 141 cm³/mol. The number of hydrogen-bond donors (Lipinski definition) is 0. The van der Waals surface area contributed by atoms with E-state index >= 15 is 0 Å². The average Bonchev–Trinajstić information content (AvgIpc) is 3.05. The largest absolute Gasteiger partial charge is 0.462 e. The van der Waals surface area contributed by atoms with Crippen molar-refractivity contribution in [1.29, 1.82) is 5.26 Å². The zero-order valence-electron chi connectivity index (χ0n) is 21.4. The second kappa shape index (κ2) is 11.6. The van der Waals surface area contributed by atoms with E-state index in [1.165, 1.54) is 0 Å². The number of esters is 2. The van der Waals surface area contributed by atoms with Crippen molar-refractivity contribution in [2.24, 2.45) is 10.4 Å². The van der Waals surface area contributed by atoms with Crippen molar-refractivity contribution in [2.75, 3.05) is 19.0 Å². The quantitative estimate of drug-likeness (QED) is 0.271. The molecule has 2 rings (SSSR count). The highest BCUT2D eigenvalue weighted by atomic mass is 79.9. The average molecular weight is 566 g/mol. The summed E-state index contributed by atoms with van der Waals surface area (Å²) >= 11 is 4.35. The van der Waals surface area contributed by atoms with Gasteiger partial charge in [0.2, 0.25) is 5.90 Å². The van der Waals surface area contributed by atoms with Crippen LogP contribution in [0.3, 0.4) is 0 Å². The zero-order valence-corrected chi connectivity index (χ0v) is 23.8. The molecule has 0 fully saturated rings. The second-order valence-electron chi connectivity index (χ2n) is 9.97. The molecule has 0 spiro atoms. The van der Waals surface area contributed by atoms with Gasteiger partial charge in [0.1, 0.15) is 16.5 Å². The molecule has 0 saturated carbocycles. The van der Waals surface area contributed by atoms with E-state index in [0.29, 0.717) is 12.0 Å². The Morgan fingerprint density at radius 2 is 1.66 bits per heavy atom. The molecule has 0 radical (unpaired) electrons. The van der Waals surface area contributed by atoms with Gasteiger partial charge in [-0.15, -0.1) is 0 Å². The first-order chi connectivity index (χ1) is 16.3. The van der Waals surface area contributed by atoms with Gasteiger partial charge in [0.15, 0.2) is 5.60 Å². The van der Waals surface area contributed by atoms with Crippen molar-refractivity contribution in [3.05, 3.63) is 45.4 Å². The zero-order chi connectivity index (χ0) is 26.4. The number of carbonyl (C=O) groups is 2. The monoisotopic (exact) mass is 564 g/mol. The van der Waals surface area contributed by atoms with Gasteiger partial charge in [-0.2, -0.15) is 5.26 Å². The van der Waals surface area contributed by atoms with Gasteiger partial charge in [0.25, 0.3) is 0 Å². The number of thiocyanates is 1. The van der Waals surface area contributed by atoms with Crippen molar-refractivity contribution in [3.63, 3.8) is 0 Å². The number of benzene rings is 1. The highest BCUT2D eigenvalue weighted by molar-refractivity contribution is 9.10. The van der Waals surface area contributed by atoms with Crippen molar-refractivity contribution in [1.82, 2.24) is 0 Å². The minimum Gasteiger partial charge on any atom is -0.462 e. The molecule has 0 aliphatic carbocycles. The van der Waals surface area contributed by atoms with Gasteiger partial charge in [-0.05, 0) is 63.4 Å². The Bertz CT molecular complexity index is 1050. The van der Waals surface area contributed by atoms with E-state index in [1.54, 1.807) is 26.0 Å². The lowest BCUT2D eigenvalue weighted by Crippen LogP contribution is -2.36. The van der Waals surface area contributed by atoms with Gasteiger partial charge in [-0.1, -0.05) is 48.8 Å². The molecule has 1 aromatic carbocycles. The van der Waals surface area contributed by atoms with Crippen LogP contribution in [0.2, 0.25) is 0 Å². The summed E-state index contributed by atoms with van der Waals surface area (Å²) in [6.07, 6.45) is 0.690. The number of aliphatic imine (C=N–C) groups is 1. The van der Waals surface area contributed by atoms with E-state index in [2.05, 4.69) is 42.1 Å². The Balaban J connectivity index is 2.90. The highest BCUT2D eigenvalue weighted by Crippen LogP contribution is 2.46. The molecule has 0 N–H and O–H groups in total. The van der Waals surface area contributed by atoms with Crippen LogP contribution in [0, 0.1) is 16.1 Å². The molecule has 9 heteroatoms. The molecule has 1 atom stereocenters. The molecule has 1 aromatic rings. The molecule has 1 heterocycles. The van der Waals surface area contributed by atoms with Crippen molar-refractivity contribution in [2.45, 2.75) is 66.0 Å².